The van der Waals surface area contributed by atoms with Crippen LogP contribution in [0.4, 0.5) is 0 Å². The van der Waals surface area contributed by atoms with Crippen LogP contribution in [-0.4, -0.2) is 19.6 Å². The zero-order valence-corrected chi connectivity index (χ0v) is 10.9. The van der Waals surface area contributed by atoms with E-state index < -0.39 is 0 Å². The third-order valence-corrected chi connectivity index (χ3v) is 2.84. The van der Waals surface area contributed by atoms with E-state index in [1.165, 1.54) is 11.3 Å². The summed E-state index contributed by atoms with van der Waals surface area (Å²) in [6.45, 7) is 5.70. The van der Waals surface area contributed by atoms with Crippen LogP contribution in [0.3, 0.4) is 0 Å². The molecule has 2 aromatic heterocycles. The van der Waals surface area contributed by atoms with Crippen molar-refractivity contribution < 1.29 is 0 Å². The van der Waals surface area contributed by atoms with Gasteiger partial charge in [0.05, 0.1) is 17.1 Å². The Morgan fingerprint density at radius 3 is 2.47 bits per heavy atom. The molecule has 0 spiro atoms. The van der Waals surface area contributed by atoms with E-state index in [0.29, 0.717) is 0 Å². The second-order valence-electron chi connectivity index (χ2n) is 4.42. The Balaban J connectivity index is 1.92. The fourth-order valence-corrected chi connectivity index (χ4v) is 1.98. The number of aryl methyl sites for hydroxylation is 4. The minimum Gasteiger partial charge on any atom is -0.307 e. The largest absolute Gasteiger partial charge is 0.307 e. The normalized spacial score (nSPS) is 11.1. The summed E-state index contributed by atoms with van der Waals surface area (Å²) in [7, 11) is 3.92. The average Bonchev–Trinajstić information content (AvgIpc) is 2.71. The molecule has 92 valence electrons. The fourth-order valence-electron chi connectivity index (χ4n) is 1.98. The lowest BCUT2D eigenvalue weighted by atomic mass is 10.2. The van der Waals surface area contributed by atoms with Crippen LogP contribution in [0.15, 0.2) is 12.3 Å². The third kappa shape index (κ3) is 2.74. The summed E-state index contributed by atoms with van der Waals surface area (Å²) in [4.78, 5) is 0. The van der Waals surface area contributed by atoms with Gasteiger partial charge in [-0.2, -0.15) is 10.2 Å². The zero-order chi connectivity index (χ0) is 12.4. The predicted molar refractivity (Wildman–Crippen MR) is 66.4 cm³/mol. The van der Waals surface area contributed by atoms with Gasteiger partial charge in [0.15, 0.2) is 0 Å². The Hall–Kier alpha value is -1.62. The molecule has 0 unspecified atom stereocenters. The molecule has 2 heterocycles. The lowest BCUT2D eigenvalue weighted by Gasteiger charge is -2.04. The molecule has 0 bridgehead atoms. The highest BCUT2D eigenvalue weighted by atomic mass is 15.3. The maximum atomic E-state index is 4.32. The Morgan fingerprint density at radius 1 is 1.18 bits per heavy atom. The van der Waals surface area contributed by atoms with Crippen LogP contribution in [0, 0.1) is 13.8 Å². The van der Waals surface area contributed by atoms with E-state index in [9.17, 15) is 0 Å². The van der Waals surface area contributed by atoms with E-state index in [-0.39, 0.29) is 0 Å². The second kappa shape index (κ2) is 4.71. The highest BCUT2D eigenvalue weighted by Crippen LogP contribution is 2.05. The summed E-state index contributed by atoms with van der Waals surface area (Å²) in [6, 6.07) is 2.10. The topological polar surface area (TPSA) is 47.7 Å². The molecule has 0 aromatic carbocycles. The summed E-state index contributed by atoms with van der Waals surface area (Å²) >= 11 is 0. The molecule has 5 heteroatoms. The molecule has 17 heavy (non-hydrogen) atoms. The van der Waals surface area contributed by atoms with Gasteiger partial charge in [-0.15, -0.1) is 0 Å². The van der Waals surface area contributed by atoms with Crippen molar-refractivity contribution in [3.05, 3.63) is 34.9 Å². The van der Waals surface area contributed by atoms with E-state index in [4.69, 9.17) is 0 Å². The van der Waals surface area contributed by atoms with Crippen molar-refractivity contribution in [1.29, 1.82) is 0 Å². The maximum absolute atomic E-state index is 4.32. The van der Waals surface area contributed by atoms with Gasteiger partial charge in [-0.25, -0.2) is 0 Å². The first-order valence-corrected chi connectivity index (χ1v) is 5.75. The maximum Gasteiger partial charge on any atom is 0.0638 e. The Labute approximate surface area is 101 Å². The Morgan fingerprint density at radius 2 is 1.94 bits per heavy atom. The van der Waals surface area contributed by atoms with Crippen LogP contribution in [0.1, 0.15) is 22.6 Å². The number of aromatic nitrogens is 4. The van der Waals surface area contributed by atoms with Gasteiger partial charge in [-0.3, -0.25) is 9.36 Å². The second-order valence-corrected chi connectivity index (χ2v) is 4.42. The molecule has 0 atom stereocenters. The van der Waals surface area contributed by atoms with Crippen molar-refractivity contribution in [3.63, 3.8) is 0 Å². The predicted octanol–water partition coefficient (Wildman–Crippen LogP) is 1.06. The van der Waals surface area contributed by atoms with Crippen molar-refractivity contribution >= 4 is 0 Å². The molecule has 0 saturated heterocycles. The van der Waals surface area contributed by atoms with Crippen LogP contribution in [-0.2, 0) is 27.2 Å². The highest BCUT2D eigenvalue weighted by molar-refractivity contribution is 5.15. The molecular formula is C12H19N5. The summed E-state index contributed by atoms with van der Waals surface area (Å²) < 4.78 is 3.76. The van der Waals surface area contributed by atoms with Gasteiger partial charge in [0, 0.05) is 38.9 Å². The van der Waals surface area contributed by atoms with Crippen LogP contribution in [0.5, 0.6) is 0 Å². The molecule has 0 saturated carbocycles. The van der Waals surface area contributed by atoms with Crippen LogP contribution in [0.25, 0.3) is 0 Å². The standard InChI is InChI=1S/C12H19N5/c1-9-5-12(17(4)14-9)7-13-6-11-8-16(3)15-10(11)2/h5,8,13H,6-7H2,1-4H3. The summed E-state index contributed by atoms with van der Waals surface area (Å²) in [5.41, 5.74) is 4.58. The summed E-state index contributed by atoms with van der Waals surface area (Å²) in [5, 5.41) is 12.0. The van der Waals surface area contributed by atoms with E-state index in [2.05, 4.69) is 27.8 Å². The average molecular weight is 233 g/mol. The first-order chi connectivity index (χ1) is 8.06. The Kier molecular flexibility index (Phi) is 3.28. The van der Waals surface area contributed by atoms with Crippen LogP contribution >= 0.6 is 0 Å². The quantitative estimate of drug-likeness (QED) is 0.859. The van der Waals surface area contributed by atoms with E-state index in [1.807, 2.05) is 37.3 Å². The number of rotatable bonds is 4. The molecule has 2 aromatic rings. The monoisotopic (exact) mass is 233 g/mol. The lowest BCUT2D eigenvalue weighted by Crippen LogP contribution is -2.15. The number of nitrogens with zero attached hydrogens (tertiary/aromatic N) is 4. The van der Waals surface area contributed by atoms with Gasteiger partial charge in [0.1, 0.15) is 0 Å². The smallest absolute Gasteiger partial charge is 0.0638 e. The molecule has 0 fully saturated rings. The molecular weight excluding hydrogens is 214 g/mol. The van der Waals surface area contributed by atoms with Gasteiger partial charge in [-0.1, -0.05) is 0 Å². The van der Waals surface area contributed by atoms with Crippen molar-refractivity contribution in [2.45, 2.75) is 26.9 Å². The van der Waals surface area contributed by atoms with E-state index >= 15 is 0 Å². The molecule has 0 radical (unpaired) electrons. The van der Waals surface area contributed by atoms with Gasteiger partial charge in [0.2, 0.25) is 0 Å². The first kappa shape index (κ1) is 11.9. The Bertz CT molecular complexity index is 463. The summed E-state index contributed by atoms with van der Waals surface area (Å²) in [5.74, 6) is 0. The fraction of sp³-hybridized carbons (Fsp3) is 0.500. The molecule has 0 aliphatic rings. The van der Waals surface area contributed by atoms with Gasteiger partial charge in [-0.05, 0) is 19.9 Å². The van der Waals surface area contributed by atoms with Gasteiger partial charge in [0.25, 0.3) is 0 Å². The third-order valence-electron chi connectivity index (χ3n) is 2.84. The molecule has 1 N–H and O–H groups in total. The minimum atomic E-state index is 0.825. The van der Waals surface area contributed by atoms with Crippen molar-refractivity contribution in [1.82, 2.24) is 24.9 Å². The van der Waals surface area contributed by atoms with Gasteiger partial charge >= 0.3 is 0 Å². The molecule has 0 aliphatic carbocycles. The lowest BCUT2D eigenvalue weighted by molar-refractivity contribution is 0.623. The molecule has 2 rings (SSSR count). The minimum absolute atomic E-state index is 0.825. The number of hydrogen-bond donors (Lipinski definition) is 1. The van der Waals surface area contributed by atoms with E-state index in [0.717, 1.165) is 24.5 Å². The first-order valence-electron chi connectivity index (χ1n) is 5.75. The zero-order valence-electron chi connectivity index (χ0n) is 10.9. The molecule has 0 amide bonds. The van der Waals surface area contributed by atoms with Crippen molar-refractivity contribution in [2.75, 3.05) is 0 Å². The van der Waals surface area contributed by atoms with Gasteiger partial charge < -0.3 is 5.32 Å². The van der Waals surface area contributed by atoms with Crippen molar-refractivity contribution in [3.8, 4) is 0 Å². The SMILES string of the molecule is Cc1cc(CNCc2cn(C)nc2C)n(C)n1. The number of nitrogens with one attached hydrogen (secondary N) is 1. The van der Waals surface area contributed by atoms with Crippen LogP contribution in [0.2, 0.25) is 0 Å². The highest BCUT2D eigenvalue weighted by Gasteiger charge is 2.04. The van der Waals surface area contributed by atoms with E-state index in [1.54, 1.807) is 0 Å². The molecule has 0 aliphatic heterocycles. The number of hydrogen-bond acceptors (Lipinski definition) is 3. The molecule has 5 nitrogen and oxygen atoms in total. The van der Waals surface area contributed by atoms with Crippen molar-refractivity contribution in [2.24, 2.45) is 14.1 Å². The summed E-state index contributed by atoms with van der Waals surface area (Å²) in [6.07, 6.45) is 2.05. The van der Waals surface area contributed by atoms with Crippen LogP contribution < -0.4 is 5.32 Å².